The minimum Gasteiger partial charge on any atom is -0.497 e. The number of guanidine groups is 1. The molecular formula is C20H30IN3O3. The van der Waals surface area contributed by atoms with Crippen LogP contribution in [-0.4, -0.2) is 45.2 Å². The number of benzene rings is 1. The van der Waals surface area contributed by atoms with Crippen LogP contribution in [0.3, 0.4) is 0 Å². The van der Waals surface area contributed by atoms with Crippen molar-refractivity contribution in [3.8, 4) is 11.5 Å². The highest BCUT2D eigenvalue weighted by Gasteiger charge is 2.11. The van der Waals surface area contributed by atoms with Gasteiger partial charge in [0.1, 0.15) is 17.3 Å². The zero-order chi connectivity index (χ0) is 18.8. The van der Waals surface area contributed by atoms with E-state index < -0.39 is 0 Å². The number of hydrogen-bond acceptors (Lipinski definition) is 4. The molecule has 0 atom stereocenters. The Kier molecular flexibility index (Phi) is 10.7. The lowest BCUT2D eigenvalue weighted by Gasteiger charge is -2.23. The Hall–Kier alpha value is -1.90. The molecular weight excluding hydrogens is 457 g/mol. The molecule has 2 rings (SSSR count). The molecule has 0 bridgehead atoms. The van der Waals surface area contributed by atoms with Gasteiger partial charge in [0, 0.05) is 44.7 Å². The molecule has 0 aliphatic heterocycles. The van der Waals surface area contributed by atoms with Crippen molar-refractivity contribution < 1.29 is 13.9 Å². The molecule has 0 saturated carbocycles. The lowest BCUT2D eigenvalue weighted by Crippen LogP contribution is -2.39. The number of aliphatic imine (C=N–C) groups is 1. The third-order valence-electron chi connectivity index (χ3n) is 3.98. The number of rotatable bonds is 9. The van der Waals surface area contributed by atoms with Crippen LogP contribution in [0, 0.1) is 0 Å². The largest absolute Gasteiger partial charge is 0.497 e. The summed E-state index contributed by atoms with van der Waals surface area (Å²) in [5, 5.41) is 3.42. The summed E-state index contributed by atoms with van der Waals surface area (Å²) in [5.74, 6) is 3.43. The molecule has 6 nitrogen and oxygen atoms in total. The number of methoxy groups -OCH3 is 2. The minimum atomic E-state index is 0. The highest BCUT2D eigenvalue weighted by molar-refractivity contribution is 14.0. The van der Waals surface area contributed by atoms with E-state index in [9.17, 15) is 0 Å². The number of hydrogen-bond donors (Lipinski definition) is 1. The molecule has 0 radical (unpaired) electrons. The van der Waals surface area contributed by atoms with Crippen molar-refractivity contribution in [1.82, 2.24) is 10.2 Å². The fourth-order valence-electron chi connectivity index (χ4n) is 2.59. The second kappa shape index (κ2) is 12.5. The highest BCUT2D eigenvalue weighted by Crippen LogP contribution is 2.25. The first-order valence-electron chi connectivity index (χ1n) is 8.90. The lowest BCUT2D eigenvalue weighted by atomic mass is 10.2. The predicted octanol–water partition coefficient (Wildman–Crippen LogP) is 3.94. The van der Waals surface area contributed by atoms with Crippen LogP contribution >= 0.6 is 24.0 Å². The van der Waals surface area contributed by atoms with Crippen molar-refractivity contribution >= 4 is 29.9 Å². The van der Waals surface area contributed by atoms with Crippen LogP contribution < -0.4 is 14.8 Å². The van der Waals surface area contributed by atoms with E-state index >= 15 is 0 Å². The summed E-state index contributed by atoms with van der Waals surface area (Å²) in [7, 11) is 5.35. The summed E-state index contributed by atoms with van der Waals surface area (Å²) in [4.78, 5) is 6.78. The molecule has 1 aromatic carbocycles. The molecule has 0 amide bonds. The van der Waals surface area contributed by atoms with Gasteiger partial charge in [0.05, 0.1) is 20.5 Å². The second-order valence-electron chi connectivity index (χ2n) is 6.00. The molecule has 27 heavy (non-hydrogen) atoms. The Morgan fingerprint density at radius 1 is 1.22 bits per heavy atom. The van der Waals surface area contributed by atoms with E-state index in [0.717, 1.165) is 54.7 Å². The van der Waals surface area contributed by atoms with Crippen molar-refractivity contribution in [1.29, 1.82) is 0 Å². The fraction of sp³-hybridized carbons (Fsp3) is 0.450. The molecule has 150 valence electrons. The van der Waals surface area contributed by atoms with Gasteiger partial charge in [-0.15, -0.1) is 24.0 Å². The molecule has 0 spiro atoms. The smallest absolute Gasteiger partial charge is 0.193 e. The van der Waals surface area contributed by atoms with Gasteiger partial charge < -0.3 is 24.1 Å². The zero-order valence-corrected chi connectivity index (χ0v) is 18.9. The van der Waals surface area contributed by atoms with Crippen molar-refractivity contribution in [2.24, 2.45) is 4.99 Å². The van der Waals surface area contributed by atoms with Crippen LogP contribution in [0.15, 0.2) is 46.0 Å². The van der Waals surface area contributed by atoms with E-state index in [2.05, 4.69) is 22.1 Å². The first-order valence-corrected chi connectivity index (χ1v) is 8.90. The second-order valence-corrected chi connectivity index (χ2v) is 6.00. The van der Waals surface area contributed by atoms with Gasteiger partial charge in [-0.1, -0.05) is 6.92 Å². The third kappa shape index (κ3) is 7.32. The molecule has 1 aromatic heterocycles. The van der Waals surface area contributed by atoms with Gasteiger partial charge in [0.2, 0.25) is 0 Å². The van der Waals surface area contributed by atoms with Crippen LogP contribution in [0.1, 0.15) is 24.7 Å². The van der Waals surface area contributed by atoms with Crippen molar-refractivity contribution in [2.45, 2.75) is 26.3 Å². The van der Waals surface area contributed by atoms with Gasteiger partial charge in [0.15, 0.2) is 5.96 Å². The fourth-order valence-corrected chi connectivity index (χ4v) is 2.59. The van der Waals surface area contributed by atoms with Crippen molar-refractivity contribution in [3.05, 3.63) is 47.9 Å². The maximum Gasteiger partial charge on any atom is 0.193 e. The normalized spacial score (nSPS) is 10.9. The van der Waals surface area contributed by atoms with E-state index in [4.69, 9.17) is 13.9 Å². The average molecular weight is 487 g/mol. The molecule has 0 aliphatic carbocycles. The van der Waals surface area contributed by atoms with Gasteiger partial charge in [0.25, 0.3) is 0 Å². The minimum absolute atomic E-state index is 0. The van der Waals surface area contributed by atoms with E-state index in [-0.39, 0.29) is 24.0 Å². The maximum atomic E-state index is 5.50. The Labute approximate surface area is 179 Å². The Bertz CT molecular complexity index is 690. The Morgan fingerprint density at radius 2 is 2.04 bits per heavy atom. The quantitative estimate of drug-likeness (QED) is 0.330. The van der Waals surface area contributed by atoms with Crippen LogP contribution in [-0.2, 0) is 13.0 Å². The molecule has 1 heterocycles. The van der Waals surface area contributed by atoms with Crippen LogP contribution in [0.25, 0.3) is 0 Å². The number of halogens is 1. The summed E-state index contributed by atoms with van der Waals surface area (Å²) >= 11 is 0. The number of furan rings is 1. The summed E-state index contributed by atoms with van der Waals surface area (Å²) in [6, 6.07) is 9.75. The number of nitrogens with one attached hydrogen (secondary N) is 1. The summed E-state index contributed by atoms with van der Waals surface area (Å²) in [6.45, 7) is 4.35. The average Bonchev–Trinajstić information content (AvgIpc) is 3.18. The van der Waals surface area contributed by atoms with E-state index in [1.807, 2.05) is 37.4 Å². The molecule has 0 fully saturated rings. The van der Waals surface area contributed by atoms with Crippen LogP contribution in [0.4, 0.5) is 0 Å². The monoisotopic (exact) mass is 487 g/mol. The summed E-state index contributed by atoms with van der Waals surface area (Å²) < 4.78 is 16.2. The zero-order valence-electron chi connectivity index (χ0n) is 16.5. The Balaban J connectivity index is 0.00000364. The third-order valence-corrected chi connectivity index (χ3v) is 3.98. The molecule has 0 aliphatic rings. The number of ether oxygens (including phenoxy) is 2. The SMILES string of the molecule is CCCN=C(NCCc1ccco1)N(C)Cc1ccc(OC)cc1OC.I. The topological polar surface area (TPSA) is 59.2 Å². The first-order chi connectivity index (χ1) is 12.7. The van der Waals surface area contributed by atoms with Gasteiger partial charge >= 0.3 is 0 Å². The number of nitrogens with zero attached hydrogens (tertiary/aromatic N) is 2. The maximum absolute atomic E-state index is 5.50. The summed E-state index contributed by atoms with van der Waals surface area (Å²) in [6.07, 6.45) is 3.52. The van der Waals surface area contributed by atoms with Crippen LogP contribution in [0.5, 0.6) is 11.5 Å². The standard InChI is InChI=1S/C20H29N3O3.HI/c1-5-11-21-20(22-12-10-17-7-6-13-26-17)23(2)15-16-8-9-18(24-3)14-19(16)25-4;/h6-9,13-14H,5,10-12,15H2,1-4H3,(H,21,22);1H. The van der Waals surface area contributed by atoms with Crippen LogP contribution in [0.2, 0.25) is 0 Å². The van der Waals surface area contributed by atoms with E-state index in [0.29, 0.717) is 6.54 Å². The van der Waals surface area contributed by atoms with E-state index in [1.165, 1.54) is 0 Å². The first kappa shape index (κ1) is 23.1. The van der Waals surface area contributed by atoms with Crippen molar-refractivity contribution in [2.75, 3.05) is 34.4 Å². The molecule has 0 unspecified atom stereocenters. The van der Waals surface area contributed by atoms with Gasteiger partial charge in [-0.3, -0.25) is 4.99 Å². The molecule has 7 heteroatoms. The van der Waals surface area contributed by atoms with E-state index in [1.54, 1.807) is 20.5 Å². The molecule has 0 saturated heterocycles. The van der Waals surface area contributed by atoms with Crippen molar-refractivity contribution in [3.63, 3.8) is 0 Å². The van der Waals surface area contributed by atoms with Gasteiger partial charge in [-0.2, -0.15) is 0 Å². The summed E-state index contributed by atoms with van der Waals surface area (Å²) in [5.41, 5.74) is 1.08. The van der Waals surface area contributed by atoms with Gasteiger partial charge in [-0.25, -0.2) is 0 Å². The highest BCUT2D eigenvalue weighted by atomic mass is 127. The lowest BCUT2D eigenvalue weighted by molar-refractivity contribution is 0.382. The molecule has 2 aromatic rings. The van der Waals surface area contributed by atoms with Gasteiger partial charge in [-0.05, 0) is 30.7 Å². The Morgan fingerprint density at radius 3 is 2.67 bits per heavy atom. The molecule has 1 N–H and O–H groups in total. The predicted molar refractivity (Wildman–Crippen MR) is 119 cm³/mol.